The standard InChI is InChI=1S/C13H11Br3N2O3/c1-2-3-18(7-12(20)21)6-11(19)17-13-9(15)4-8(14)5-10(13)16/h1,4-5H,3,6-7H2,(H,17,19)(H,20,21). The number of aliphatic carboxylic acids is 1. The third-order valence-corrected chi connectivity index (χ3v) is 4.02. The summed E-state index contributed by atoms with van der Waals surface area (Å²) in [6.07, 6.45) is 5.16. The highest BCUT2D eigenvalue weighted by Crippen LogP contribution is 2.34. The van der Waals surface area contributed by atoms with Gasteiger partial charge in [-0.3, -0.25) is 14.5 Å². The molecule has 0 aromatic heterocycles. The molecule has 0 radical (unpaired) electrons. The summed E-state index contributed by atoms with van der Waals surface area (Å²) in [4.78, 5) is 24.1. The minimum Gasteiger partial charge on any atom is -0.480 e. The van der Waals surface area contributed by atoms with Gasteiger partial charge in [-0.2, -0.15) is 0 Å². The van der Waals surface area contributed by atoms with E-state index in [0.717, 1.165) is 4.47 Å². The van der Waals surface area contributed by atoms with Crippen LogP contribution in [0.15, 0.2) is 25.6 Å². The molecule has 21 heavy (non-hydrogen) atoms. The second-order valence-electron chi connectivity index (χ2n) is 4.04. The molecule has 112 valence electrons. The molecule has 0 saturated heterocycles. The molecule has 5 nitrogen and oxygen atoms in total. The number of hydrogen-bond acceptors (Lipinski definition) is 3. The van der Waals surface area contributed by atoms with Crippen LogP contribution in [0.4, 0.5) is 5.69 Å². The lowest BCUT2D eigenvalue weighted by Gasteiger charge is -2.17. The molecular weight excluding hydrogens is 472 g/mol. The topological polar surface area (TPSA) is 69.6 Å². The second kappa shape index (κ2) is 8.54. The molecule has 0 unspecified atom stereocenters. The molecule has 1 aromatic carbocycles. The monoisotopic (exact) mass is 480 g/mol. The van der Waals surface area contributed by atoms with E-state index >= 15 is 0 Å². The van der Waals surface area contributed by atoms with Crippen molar-refractivity contribution in [3.05, 3.63) is 25.6 Å². The fourth-order valence-electron chi connectivity index (χ4n) is 1.53. The fraction of sp³-hybridized carbons (Fsp3) is 0.231. The summed E-state index contributed by atoms with van der Waals surface area (Å²) in [5, 5.41) is 11.5. The zero-order valence-electron chi connectivity index (χ0n) is 10.7. The van der Waals surface area contributed by atoms with E-state index < -0.39 is 5.97 Å². The van der Waals surface area contributed by atoms with Gasteiger partial charge in [0.1, 0.15) is 0 Å². The summed E-state index contributed by atoms with van der Waals surface area (Å²) in [5.74, 6) is 0.941. The van der Waals surface area contributed by atoms with Gasteiger partial charge in [0.25, 0.3) is 0 Å². The number of carboxylic acids is 1. The van der Waals surface area contributed by atoms with Crippen LogP contribution >= 0.6 is 47.8 Å². The van der Waals surface area contributed by atoms with Crippen molar-refractivity contribution >= 4 is 65.4 Å². The molecule has 1 aromatic rings. The van der Waals surface area contributed by atoms with Gasteiger partial charge in [-0.05, 0) is 44.0 Å². The van der Waals surface area contributed by atoms with Crippen LogP contribution in [0.25, 0.3) is 0 Å². The molecule has 1 amide bonds. The summed E-state index contributed by atoms with van der Waals surface area (Å²) in [6.45, 7) is -0.311. The van der Waals surface area contributed by atoms with Crippen LogP contribution in [0, 0.1) is 12.3 Å². The van der Waals surface area contributed by atoms with Crippen LogP contribution in [0.2, 0.25) is 0 Å². The van der Waals surface area contributed by atoms with E-state index in [1.165, 1.54) is 4.90 Å². The SMILES string of the molecule is C#CCN(CC(=O)O)CC(=O)Nc1c(Br)cc(Br)cc1Br. The number of carbonyl (C=O) groups excluding carboxylic acids is 1. The summed E-state index contributed by atoms with van der Waals surface area (Å²) >= 11 is 10.0. The van der Waals surface area contributed by atoms with E-state index in [1.54, 1.807) is 12.1 Å². The number of terminal acetylenes is 1. The quantitative estimate of drug-likeness (QED) is 0.612. The van der Waals surface area contributed by atoms with Crippen molar-refractivity contribution in [2.45, 2.75) is 0 Å². The lowest BCUT2D eigenvalue weighted by molar-refractivity contribution is -0.138. The number of rotatable bonds is 6. The molecular formula is C13H11Br3N2O3. The fourth-order valence-corrected chi connectivity index (χ4v) is 3.99. The highest BCUT2D eigenvalue weighted by Gasteiger charge is 2.15. The van der Waals surface area contributed by atoms with Crippen molar-refractivity contribution in [3.63, 3.8) is 0 Å². The lowest BCUT2D eigenvalue weighted by atomic mass is 10.3. The van der Waals surface area contributed by atoms with Crippen LogP contribution in [-0.2, 0) is 9.59 Å². The zero-order valence-corrected chi connectivity index (χ0v) is 15.5. The van der Waals surface area contributed by atoms with Crippen molar-refractivity contribution in [2.75, 3.05) is 25.0 Å². The summed E-state index contributed by atoms with van der Waals surface area (Å²) in [7, 11) is 0. The first-order chi connectivity index (χ1) is 9.83. The maximum Gasteiger partial charge on any atom is 0.317 e. The molecule has 2 N–H and O–H groups in total. The molecule has 0 aliphatic heterocycles. The molecule has 0 spiro atoms. The number of amides is 1. The van der Waals surface area contributed by atoms with Gasteiger partial charge >= 0.3 is 5.97 Å². The van der Waals surface area contributed by atoms with Crippen molar-refractivity contribution < 1.29 is 14.7 Å². The molecule has 0 aliphatic rings. The normalized spacial score (nSPS) is 10.2. The molecule has 0 fully saturated rings. The first-order valence-corrected chi connectivity index (χ1v) is 8.03. The number of carboxylic acid groups (broad SMARTS) is 1. The van der Waals surface area contributed by atoms with Gasteiger partial charge in [0, 0.05) is 13.4 Å². The number of nitrogens with zero attached hydrogens (tertiary/aromatic N) is 1. The van der Waals surface area contributed by atoms with Crippen LogP contribution in [0.1, 0.15) is 0 Å². The zero-order chi connectivity index (χ0) is 16.0. The second-order valence-corrected chi connectivity index (χ2v) is 6.66. The van der Waals surface area contributed by atoms with Gasteiger partial charge in [0.05, 0.1) is 25.3 Å². The van der Waals surface area contributed by atoms with Gasteiger partial charge in [-0.1, -0.05) is 21.9 Å². The molecule has 0 atom stereocenters. The first-order valence-electron chi connectivity index (χ1n) is 5.65. The average Bonchev–Trinajstić information content (AvgIpc) is 2.33. The maximum absolute atomic E-state index is 12.0. The van der Waals surface area contributed by atoms with E-state index in [-0.39, 0.29) is 25.5 Å². The number of benzene rings is 1. The van der Waals surface area contributed by atoms with Crippen molar-refractivity contribution in [1.29, 1.82) is 0 Å². The van der Waals surface area contributed by atoms with Crippen LogP contribution in [0.5, 0.6) is 0 Å². The van der Waals surface area contributed by atoms with E-state index in [4.69, 9.17) is 11.5 Å². The molecule has 0 bridgehead atoms. The minimum atomic E-state index is -1.04. The Morgan fingerprint density at radius 1 is 1.24 bits per heavy atom. The van der Waals surface area contributed by atoms with Gasteiger partial charge in [-0.15, -0.1) is 6.42 Å². The highest BCUT2D eigenvalue weighted by molar-refractivity contribution is 9.11. The largest absolute Gasteiger partial charge is 0.480 e. The van der Waals surface area contributed by atoms with E-state index in [1.807, 2.05) is 0 Å². The third-order valence-electron chi connectivity index (χ3n) is 2.31. The van der Waals surface area contributed by atoms with Crippen molar-refractivity contribution in [3.8, 4) is 12.3 Å². The van der Waals surface area contributed by atoms with Crippen LogP contribution < -0.4 is 5.32 Å². The number of anilines is 1. The van der Waals surface area contributed by atoms with Gasteiger partial charge < -0.3 is 10.4 Å². The molecule has 8 heteroatoms. The Bertz CT molecular complexity index is 576. The molecule has 0 saturated carbocycles. The Labute approximate surface area is 147 Å². The first kappa shape index (κ1) is 18.2. The minimum absolute atomic E-state index is 0.0857. The summed E-state index contributed by atoms with van der Waals surface area (Å²) in [5.41, 5.74) is 0.569. The van der Waals surface area contributed by atoms with Gasteiger partial charge in [0.2, 0.25) is 5.91 Å². The van der Waals surface area contributed by atoms with Gasteiger partial charge in [-0.25, -0.2) is 0 Å². The Morgan fingerprint density at radius 3 is 2.29 bits per heavy atom. The predicted molar refractivity (Wildman–Crippen MR) is 91.1 cm³/mol. The number of halogens is 3. The van der Waals surface area contributed by atoms with Gasteiger partial charge in [0.15, 0.2) is 0 Å². The number of carbonyl (C=O) groups is 2. The van der Waals surface area contributed by atoms with Crippen LogP contribution in [0.3, 0.4) is 0 Å². The molecule has 0 heterocycles. The number of nitrogens with one attached hydrogen (secondary N) is 1. The smallest absolute Gasteiger partial charge is 0.317 e. The van der Waals surface area contributed by atoms with Crippen molar-refractivity contribution in [2.24, 2.45) is 0 Å². The Hall–Kier alpha value is -0.880. The Balaban J connectivity index is 2.77. The third kappa shape index (κ3) is 6.18. The Kier molecular flexibility index (Phi) is 7.39. The molecule has 1 rings (SSSR count). The average molecular weight is 483 g/mol. The summed E-state index contributed by atoms with van der Waals surface area (Å²) in [6, 6.07) is 3.58. The Morgan fingerprint density at radius 2 is 1.81 bits per heavy atom. The van der Waals surface area contributed by atoms with E-state index in [0.29, 0.717) is 14.6 Å². The van der Waals surface area contributed by atoms with E-state index in [2.05, 4.69) is 59.0 Å². The van der Waals surface area contributed by atoms with Crippen molar-refractivity contribution in [1.82, 2.24) is 4.90 Å². The predicted octanol–water partition coefficient (Wildman–Crippen LogP) is 2.93. The summed E-state index contributed by atoms with van der Waals surface area (Å²) < 4.78 is 2.23. The lowest BCUT2D eigenvalue weighted by Crippen LogP contribution is -2.37. The maximum atomic E-state index is 12.0. The number of hydrogen-bond donors (Lipinski definition) is 2. The highest BCUT2D eigenvalue weighted by atomic mass is 79.9. The van der Waals surface area contributed by atoms with Crippen LogP contribution in [-0.4, -0.2) is 41.5 Å². The molecule has 0 aliphatic carbocycles. The van der Waals surface area contributed by atoms with E-state index in [9.17, 15) is 9.59 Å².